The topological polar surface area (TPSA) is 70.2 Å². The van der Waals surface area contributed by atoms with Gasteiger partial charge in [0, 0.05) is 12.6 Å². The van der Waals surface area contributed by atoms with Gasteiger partial charge in [0.15, 0.2) is 0 Å². The van der Waals surface area contributed by atoms with Crippen LogP contribution in [0.2, 0.25) is 0 Å². The second-order valence-electron chi connectivity index (χ2n) is 7.22. The van der Waals surface area contributed by atoms with E-state index in [1.807, 2.05) is 0 Å². The Morgan fingerprint density at radius 2 is 1.69 bits per heavy atom. The summed E-state index contributed by atoms with van der Waals surface area (Å²) in [6.45, 7) is -2.09. The normalized spacial score (nSPS) is 18.4. The number of imide groups is 2. The molecule has 1 saturated heterocycles. The quantitative estimate of drug-likeness (QED) is 0.508. The molecule has 0 radical (unpaired) electrons. The minimum Gasteiger partial charge on any atom is -0.497 e. The van der Waals surface area contributed by atoms with Crippen LogP contribution in [0, 0.1) is 0 Å². The van der Waals surface area contributed by atoms with Crippen molar-refractivity contribution in [3.63, 3.8) is 0 Å². The predicted octanol–water partition coefficient (Wildman–Crippen LogP) is 2.75. The van der Waals surface area contributed by atoms with Crippen LogP contribution in [0.5, 0.6) is 5.75 Å². The fourth-order valence-corrected chi connectivity index (χ4v) is 3.73. The molecular formula is C19H22F3N3O4. The van der Waals surface area contributed by atoms with Crippen molar-refractivity contribution in [2.75, 3.05) is 20.3 Å². The summed E-state index contributed by atoms with van der Waals surface area (Å²) >= 11 is 0. The maximum Gasteiger partial charge on any atom is 0.401 e. The maximum atomic E-state index is 13.1. The van der Waals surface area contributed by atoms with Gasteiger partial charge in [0.1, 0.15) is 5.75 Å². The second kappa shape index (κ2) is 8.40. The summed E-state index contributed by atoms with van der Waals surface area (Å²) in [5.74, 6) is -1.49. The molecule has 29 heavy (non-hydrogen) atoms. The fourth-order valence-electron chi connectivity index (χ4n) is 3.73. The lowest BCUT2D eigenvalue weighted by atomic mass is 10.2. The lowest BCUT2D eigenvalue weighted by molar-refractivity contribution is -0.154. The van der Waals surface area contributed by atoms with Crippen LogP contribution in [0.3, 0.4) is 0 Å². The molecule has 1 aliphatic heterocycles. The Balaban J connectivity index is 1.76. The second-order valence-corrected chi connectivity index (χ2v) is 7.22. The van der Waals surface area contributed by atoms with Crippen molar-refractivity contribution in [2.45, 2.75) is 44.4 Å². The van der Waals surface area contributed by atoms with Gasteiger partial charge < -0.3 is 4.74 Å². The molecule has 1 saturated carbocycles. The molecule has 2 aliphatic rings. The fraction of sp³-hybridized carbons (Fsp3) is 0.526. The first-order valence-electron chi connectivity index (χ1n) is 9.30. The van der Waals surface area contributed by atoms with E-state index in [4.69, 9.17) is 4.74 Å². The number of methoxy groups -OCH3 is 1. The minimum absolute atomic E-state index is 0.155. The van der Waals surface area contributed by atoms with Gasteiger partial charge in [-0.3, -0.25) is 19.4 Å². The van der Waals surface area contributed by atoms with E-state index in [-0.39, 0.29) is 12.6 Å². The molecule has 0 N–H and O–H groups in total. The number of ether oxygens (including phenoxy) is 1. The number of nitrogens with zero attached hydrogens (tertiary/aromatic N) is 3. The third kappa shape index (κ3) is 4.87. The molecule has 158 valence electrons. The molecular weight excluding hydrogens is 391 g/mol. The molecule has 2 fully saturated rings. The van der Waals surface area contributed by atoms with Crippen molar-refractivity contribution in [1.29, 1.82) is 0 Å². The van der Waals surface area contributed by atoms with Crippen LogP contribution in [0.25, 0.3) is 0 Å². The molecule has 0 spiro atoms. The van der Waals surface area contributed by atoms with Crippen LogP contribution >= 0.6 is 0 Å². The highest BCUT2D eigenvalue weighted by Crippen LogP contribution is 2.28. The molecule has 3 rings (SSSR count). The van der Waals surface area contributed by atoms with Gasteiger partial charge in [0.25, 0.3) is 0 Å². The van der Waals surface area contributed by atoms with E-state index in [9.17, 15) is 27.6 Å². The zero-order chi connectivity index (χ0) is 21.2. The van der Waals surface area contributed by atoms with E-state index in [2.05, 4.69) is 0 Å². The Morgan fingerprint density at radius 3 is 2.24 bits per heavy atom. The summed E-state index contributed by atoms with van der Waals surface area (Å²) in [5.41, 5.74) is 0.549. The summed E-state index contributed by atoms with van der Waals surface area (Å²) in [4.78, 5) is 39.7. The summed E-state index contributed by atoms with van der Waals surface area (Å²) in [7, 11) is 1.47. The first-order chi connectivity index (χ1) is 13.7. The monoisotopic (exact) mass is 413 g/mol. The number of carbonyl (C=O) groups is 3. The Morgan fingerprint density at radius 1 is 1.07 bits per heavy atom. The van der Waals surface area contributed by atoms with E-state index in [0.29, 0.717) is 29.1 Å². The van der Waals surface area contributed by atoms with Crippen molar-refractivity contribution in [3.05, 3.63) is 29.8 Å². The van der Waals surface area contributed by atoms with Gasteiger partial charge in [-0.2, -0.15) is 13.2 Å². The first kappa shape index (κ1) is 21.1. The Hall–Kier alpha value is -2.62. The molecule has 0 bridgehead atoms. The molecule has 1 aromatic rings. The van der Waals surface area contributed by atoms with E-state index < -0.39 is 37.2 Å². The molecule has 7 nitrogen and oxygen atoms in total. The van der Waals surface area contributed by atoms with Crippen molar-refractivity contribution in [2.24, 2.45) is 0 Å². The molecule has 0 atom stereocenters. The zero-order valence-corrected chi connectivity index (χ0v) is 15.9. The van der Waals surface area contributed by atoms with E-state index in [1.165, 1.54) is 7.11 Å². The number of halogens is 3. The molecule has 0 aromatic heterocycles. The molecule has 0 unspecified atom stereocenters. The molecule has 1 heterocycles. The van der Waals surface area contributed by atoms with Gasteiger partial charge >= 0.3 is 24.0 Å². The molecule has 4 amide bonds. The zero-order valence-electron chi connectivity index (χ0n) is 15.9. The first-order valence-corrected chi connectivity index (χ1v) is 9.30. The minimum atomic E-state index is -4.53. The number of benzene rings is 1. The Kier molecular flexibility index (Phi) is 6.11. The van der Waals surface area contributed by atoms with Gasteiger partial charge in [-0.25, -0.2) is 9.69 Å². The van der Waals surface area contributed by atoms with Gasteiger partial charge in [-0.05, 0) is 30.5 Å². The highest BCUT2D eigenvalue weighted by Gasteiger charge is 2.49. The SMILES string of the molecule is COc1ccc(CN(CN2C(=O)C(=O)N(C3CCCC3)C2=O)CC(F)(F)F)cc1. The van der Waals surface area contributed by atoms with Crippen LogP contribution in [0.4, 0.5) is 18.0 Å². The Bertz CT molecular complexity index is 776. The lowest BCUT2D eigenvalue weighted by Gasteiger charge is -2.28. The number of rotatable bonds is 7. The highest BCUT2D eigenvalue weighted by molar-refractivity contribution is 6.44. The van der Waals surface area contributed by atoms with Crippen LogP contribution in [-0.4, -0.2) is 65.1 Å². The van der Waals surface area contributed by atoms with Crippen molar-refractivity contribution >= 4 is 17.8 Å². The van der Waals surface area contributed by atoms with Gasteiger partial charge in [-0.15, -0.1) is 0 Å². The highest BCUT2D eigenvalue weighted by atomic mass is 19.4. The van der Waals surface area contributed by atoms with E-state index in [1.54, 1.807) is 24.3 Å². The summed E-state index contributed by atoms with van der Waals surface area (Å²) in [6.07, 6.45) is -1.64. The van der Waals surface area contributed by atoms with Crippen LogP contribution < -0.4 is 4.74 Å². The number of carbonyl (C=O) groups excluding carboxylic acids is 3. The molecule has 10 heteroatoms. The van der Waals surface area contributed by atoms with Gasteiger partial charge in [-0.1, -0.05) is 25.0 Å². The number of alkyl halides is 3. The number of hydrogen-bond donors (Lipinski definition) is 0. The summed E-state index contributed by atoms with van der Waals surface area (Å²) in [5, 5.41) is 0. The van der Waals surface area contributed by atoms with E-state index >= 15 is 0 Å². The smallest absolute Gasteiger partial charge is 0.401 e. The number of urea groups is 1. The Labute approximate surface area is 166 Å². The van der Waals surface area contributed by atoms with Gasteiger partial charge in [0.2, 0.25) is 0 Å². The van der Waals surface area contributed by atoms with Crippen LogP contribution in [0.15, 0.2) is 24.3 Å². The third-order valence-electron chi connectivity index (χ3n) is 5.08. The van der Waals surface area contributed by atoms with Crippen LogP contribution in [-0.2, 0) is 16.1 Å². The van der Waals surface area contributed by atoms with Crippen LogP contribution in [0.1, 0.15) is 31.2 Å². The van der Waals surface area contributed by atoms with Crippen molar-refractivity contribution in [1.82, 2.24) is 14.7 Å². The summed E-state index contributed by atoms with van der Waals surface area (Å²) in [6, 6.07) is 5.23. The lowest BCUT2D eigenvalue weighted by Crippen LogP contribution is -2.46. The maximum absolute atomic E-state index is 13.1. The standard InChI is InChI=1S/C19H22F3N3O4/c1-29-15-8-6-13(7-9-15)10-23(11-19(20,21)22)12-24-16(26)17(27)25(18(24)28)14-4-2-3-5-14/h6-9,14H,2-5,10-12H2,1H3. The molecule has 1 aromatic carbocycles. The average molecular weight is 413 g/mol. The molecule has 1 aliphatic carbocycles. The number of amides is 4. The van der Waals surface area contributed by atoms with Crippen molar-refractivity contribution < 1.29 is 32.3 Å². The third-order valence-corrected chi connectivity index (χ3v) is 5.08. The predicted molar refractivity (Wildman–Crippen MR) is 95.7 cm³/mol. The van der Waals surface area contributed by atoms with Crippen molar-refractivity contribution in [3.8, 4) is 5.75 Å². The number of hydrogen-bond acceptors (Lipinski definition) is 5. The summed E-state index contributed by atoms with van der Waals surface area (Å²) < 4.78 is 44.2. The van der Waals surface area contributed by atoms with E-state index in [0.717, 1.165) is 22.6 Å². The van der Waals surface area contributed by atoms with Gasteiger partial charge in [0.05, 0.1) is 20.3 Å². The average Bonchev–Trinajstić information content (AvgIpc) is 3.24. The largest absolute Gasteiger partial charge is 0.497 e.